The van der Waals surface area contributed by atoms with Crippen molar-refractivity contribution in [2.75, 3.05) is 5.32 Å². The van der Waals surface area contributed by atoms with Crippen LogP contribution in [0.2, 0.25) is 0 Å². The molecular weight excluding hydrogens is 396 g/mol. The zero-order chi connectivity index (χ0) is 20.4. The molecule has 2 aromatic carbocycles. The number of halogens is 2. The van der Waals surface area contributed by atoms with Crippen molar-refractivity contribution in [1.82, 2.24) is 4.98 Å². The van der Waals surface area contributed by atoms with E-state index in [1.165, 1.54) is 23.6 Å². The summed E-state index contributed by atoms with van der Waals surface area (Å²) >= 11 is 1.18. The number of benzene rings is 2. The topological polar surface area (TPSA) is 78.9 Å². The molecule has 0 atom stereocenters. The number of nitrogens with one attached hydrogen (secondary N) is 1. The Morgan fingerprint density at radius 2 is 2.00 bits per heavy atom. The Morgan fingerprint density at radius 1 is 1.17 bits per heavy atom. The van der Waals surface area contributed by atoms with Crippen LogP contribution in [0.15, 0.2) is 69.3 Å². The van der Waals surface area contributed by atoms with Crippen molar-refractivity contribution in [3.05, 3.63) is 87.2 Å². The van der Waals surface area contributed by atoms with Crippen molar-refractivity contribution in [3.8, 4) is 17.3 Å². The number of nitrogens with zero attached hydrogens (tertiary/aromatic N) is 2. The molecule has 0 spiro atoms. The number of aromatic nitrogens is 1. The van der Waals surface area contributed by atoms with E-state index in [2.05, 4.69) is 10.3 Å². The van der Waals surface area contributed by atoms with Gasteiger partial charge in [0.05, 0.1) is 11.3 Å². The number of hydrogen-bond donors (Lipinski definition) is 1. The number of hydrogen-bond acceptors (Lipinski definition) is 6. The lowest BCUT2D eigenvalue weighted by molar-refractivity contribution is 0.509. The highest BCUT2D eigenvalue weighted by atomic mass is 32.1. The summed E-state index contributed by atoms with van der Waals surface area (Å²) in [5.41, 5.74) is 1.09. The summed E-state index contributed by atoms with van der Waals surface area (Å²) in [4.78, 5) is 16.6. The van der Waals surface area contributed by atoms with Crippen molar-refractivity contribution >= 4 is 33.6 Å². The van der Waals surface area contributed by atoms with Crippen molar-refractivity contribution in [1.29, 1.82) is 5.26 Å². The molecular formula is C21H11F2N3O2S. The van der Waals surface area contributed by atoms with Gasteiger partial charge < -0.3 is 9.73 Å². The Kier molecular flexibility index (Phi) is 4.89. The Hall–Kier alpha value is -3.83. The molecule has 0 aliphatic carbocycles. The Bertz CT molecular complexity index is 1350. The zero-order valence-electron chi connectivity index (χ0n) is 14.6. The molecule has 0 bridgehead atoms. The van der Waals surface area contributed by atoms with Crippen LogP contribution >= 0.6 is 11.3 Å². The third-order valence-corrected chi connectivity index (χ3v) is 4.95. The van der Waals surface area contributed by atoms with E-state index in [0.717, 1.165) is 17.5 Å². The van der Waals surface area contributed by atoms with Gasteiger partial charge in [0.1, 0.15) is 22.2 Å². The summed E-state index contributed by atoms with van der Waals surface area (Å²) < 4.78 is 31.6. The molecule has 0 fully saturated rings. The molecule has 2 heterocycles. The maximum atomic E-state index is 13.3. The van der Waals surface area contributed by atoms with E-state index < -0.39 is 17.3 Å². The maximum absolute atomic E-state index is 13.3. The molecule has 0 amide bonds. The summed E-state index contributed by atoms with van der Waals surface area (Å²) in [5, 5.41) is 14.9. The van der Waals surface area contributed by atoms with Crippen LogP contribution in [-0.4, -0.2) is 4.98 Å². The average molecular weight is 407 g/mol. The number of thiazole rings is 1. The zero-order valence-corrected chi connectivity index (χ0v) is 15.5. The minimum Gasteiger partial charge on any atom is -0.422 e. The molecule has 8 heteroatoms. The minimum atomic E-state index is -0.999. The first-order valence-corrected chi connectivity index (χ1v) is 9.24. The average Bonchev–Trinajstić information content (AvgIpc) is 3.20. The molecule has 0 aliphatic rings. The van der Waals surface area contributed by atoms with Crippen LogP contribution in [0.5, 0.6) is 0 Å². The lowest BCUT2D eigenvalue weighted by atomic mass is 10.1. The summed E-state index contributed by atoms with van der Waals surface area (Å²) in [6.07, 6.45) is 1.35. The molecule has 29 heavy (non-hydrogen) atoms. The van der Waals surface area contributed by atoms with Crippen molar-refractivity contribution in [2.24, 2.45) is 0 Å². The highest BCUT2D eigenvalue weighted by Gasteiger charge is 2.14. The predicted molar refractivity (Wildman–Crippen MR) is 107 cm³/mol. The van der Waals surface area contributed by atoms with Crippen LogP contribution in [0, 0.1) is 23.0 Å². The summed E-state index contributed by atoms with van der Waals surface area (Å²) in [5.74, 6) is -1.96. The van der Waals surface area contributed by atoms with Crippen molar-refractivity contribution < 1.29 is 13.2 Å². The molecule has 2 aromatic heterocycles. The molecule has 4 rings (SSSR count). The van der Waals surface area contributed by atoms with Crippen LogP contribution in [0.3, 0.4) is 0 Å². The lowest BCUT2D eigenvalue weighted by Gasteiger charge is -2.02. The Balaban J connectivity index is 1.65. The fourth-order valence-corrected chi connectivity index (χ4v) is 3.43. The number of fused-ring (bicyclic) bond motifs is 1. The van der Waals surface area contributed by atoms with Gasteiger partial charge in [-0.05, 0) is 24.3 Å². The quantitative estimate of drug-likeness (QED) is 0.373. The van der Waals surface area contributed by atoms with Gasteiger partial charge in [0.25, 0.3) is 0 Å². The fourth-order valence-electron chi connectivity index (χ4n) is 2.64. The van der Waals surface area contributed by atoms with E-state index in [4.69, 9.17) is 4.42 Å². The second-order valence-electron chi connectivity index (χ2n) is 5.97. The first-order valence-electron chi connectivity index (χ1n) is 8.36. The van der Waals surface area contributed by atoms with Gasteiger partial charge >= 0.3 is 5.63 Å². The van der Waals surface area contributed by atoms with Gasteiger partial charge in [0, 0.05) is 28.7 Å². The first kappa shape index (κ1) is 18.5. The van der Waals surface area contributed by atoms with Gasteiger partial charge in [0.2, 0.25) is 0 Å². The van der Waals surface area contributed by atoms with Gasteiger partial charge in [-0.15, -0.1) is 11.3 Å². The molecule has 142 valence electrons. The van der Waals surface area contributed by atoms with Crippen molar-refractivity contribution in [2.45, 2.75) is 0 Å². The number of para-hydroxylation sites is 1. The first-order chi connectivity index (χ1) is 14.0. The smallest absolute Gasteiger partial charge is 0.345 e. The maximum Gasteiger partial charge on any atom is 0.345 e. The molecule has 0 unspecified atom stereocenters. The van der Waals surface area contributed by atoms with E-state index in [1.807, 2.05) is 18.2 Å². The molecule has 5 nitrogen and oxygen atoms in total. The Morgan fingerprint density at radius 3 is 2.79 bits per heavy atom. The highest BCUT2D eigenvalue weighted by molar-refractivity contribution is 7.11. The van der Waals surface area contributed by atoms with Gasteiger partial charge in [-0.2, -0.15) is 5.26 Å². The van der Waals surface area contributed by atoms with Crippen LogP contribution in [-0.2, 0) is 0 Å². The van der Waals surface area contributed by atoms with Crippen LogP contribution in [0.25, 0.3) is 27.8 Å². The van der Waals surface area contributed by atoms with E-state index in [9.17, 15) is 18.8 Å². The van der Waals surface area contributed by atoms with Gasteiger partial charge in [-0.3, -0.25) is 0 Å². The van der Waals surface area contributed by atoms with Gasteiger partial charge in [-0.25, -0.2) is 18.6 Å². The van der Waals surface area contributed by atoms with E-state index >= 15 is 0 Å². The van der Waals surface area contributed by atoms with E-state index in [-0.39, 0.29) is 16.8 Å². The SMILES string of the molecule is N#C/C(=C/Nc1ccc(F)c(F)c1)c1nc(-c2cc3ccccc3oc2=O)cs1. The second-order valence-corrected chi connectivity index (χ2v) is 6.82. The number of nitriles is 1. The predicted octanol–water partition coefficient (Wildman–Crippen LogP) is 5.17. The molecule has 4 aromatic rings. The lowest BCUT2D eigenvalue weighted by Crippen LogP contribution is -2.02. The summed E-state index contributed by atoms with van der Waals surface area (Å²) in [7, 11) is 0. The molecule has 0 saturated heterocycles. The standard InChI is InChI=1S/C21H11F2N3O2S/c22-16-6-5-14(8-17(16)23)25-10-13(9-24)20-26-18(11-29-20)15-7-12-3-1-2-4-19(12)28-21(15)27/h1-8,10-11,25H/b13-10-. The van der Waals surface area contributed by atoms with Crippen LogP contribution in [0.4, 0.5) is 14.5 Å². The third-order valence-electron chi connectivity index (χ3n) is 4.08. The number of rotatable bonds is 4. The molecule has 1 N–H and O–H groups in total. The van der Waals surface area contributed by atoms with E-state index in [0.29, 0.717) is 16.3 Å². The molecule has 0 radical (unpaired) electrons. The van der Waals surface area contributed by atoms with Crippen LogP contribution in [0.1, 0.15) is 5.01 Å². The second kappa shape index (κ2) is 7.66. The monoisotopic (exact) mass is 407 g/mol. The minimum absolute atomic E-state index is 0.177. The molecule has 0 saturated carbocycles. The largest absolute Gasteiger partial charge is 0.422 e. The third kappa shape index (κ3) is 3.77. The van der Waals surface area contributed by atoms with Gasteiger partial charge in [-0.1, -0.05) is 18.2 Å². The van der Waals surface area contributed by atoms with Crippen LogP contribution < -0.4 is 10.9 Å². The van der Waals surface area contributed by atoms with Crippen molar-refractivity contribution in [3.63, 3.8) is 0 Å². The number of allylic oxidation sites excluding steroid dienone is 1. The summed E-state index contributed by atoms with van der Waals surface area (Å²) in [6.45, 7) is 0. The fraction of sp³-hybridized carbons (Fsp3) is 0. The van der Waals surface area contributed by atoms with Gasteiger partial charge in [0.15, 0.2) is 11.6 Å². The molecule has 0 aliphatic heterocycles. The number of anilines is 1. The Labute approximate surface area is 167 Å². The normalized spacial score (nSPS) is 11.4. The summed E-state index contributed by atoms with van der Waals surface area (Å²) in [6, 6.07) is 14.1. The van der Waals surface area contributed by atoms with E-state index in [1.54, 1.807) is 23.6 Å². The highest BCUT2D eigenvalue weighted by Crippen LogP contribution is 2.26.